The van der Waals surface area contributed by atoms with Crippen LogP contribution in [0.3, 0.4) is 0 Å². The first kappa shape index (κ1) is 12.0. The zero-order valence-corrected chi connectivity index (χ0v) is 10.6. The van der Waals surface area contributed by atoms with Crippen molar-refractivity contribution in [2.75, 3.05) is 32.1 Å². The van der Waals surface area contributed by atoms with Crippen LogP contribution in [0.25, 0.3) is 0 Å². The van der Waals surface area contributed by atoms with Gasteiger partial charge in [-0.15, -0.1) is 0 Å². The quantitative estimate of drug-likeness (QED) is 0.796. The highest BCUT2D eigenvalue weighted by molar-refractivity contribution is 8.00. The van der Waals surface area contributed by atoms with Gasteiger partial charge in [0.25, 0.3) is 0 Å². The largest absolute Gasteiger partial charge is 0.379 e. The van der Waals surface area contributed by atoms with Crippen LogP contribution >= 0.6 is 11.8 Å². The lowest BCUT2D eigenvalue weighted by atomic mass is 10.2. The normalized spacial score (nSPS) is 30.4. The third-order valence-electron chi connectivity index (χ3n) is 3.14. The molecule has 5 heteroatoms. The van der Waals surface area contributed by atoms with E-state index in [9.17, 15) is 4.79 Å². The minimum atomic E-state index is 0.0919. The van der Waals surface area contributed by atoms with Gasteiger partial charge in [-0.1, -0.05) is 6.92 Å². The highest BCUT2D eigenvalue weighted by Gasteiger charge is 2.25. The van der Waals surface area contributed by atoms with Crippen LogP contribution in [0.5, 0.6) is 0 Å². The van der Waals surface area contributed by atoms with Gasteiger partial charge in [-0.2, -0.15) is 11.8 Å². The van der Waals surface area contributed by atoms with E-state index in [1.165, 1.54) is 0 Å². The molecule has 0 aromatic rings. The van der Waals surface area contributed by atoms with E-state index in [1.54, 1.807) is 0 Å². The molecular formula is C11H20N2O2S. The van der Waals surface area contributed by atoms with Gasteiger partial charge in [-0.25, -0.2) is 4.79 Å². The molecule has 2 aliphatic rings. The summed E-state index contributed by atoms with van der Waals surface area (Å²) in [7, 11) is 0. The van der Waals surface area contributed by atoms with Crippen LogP contribution in [-0.4, -0.2) is 54.3 Å². The molecule has 2 saturated heterocycles. The summed E-state index contributed by atoms with van der Waals surface area (Å²) >= 11 is 1.98. The molecule has 0 radical (unpaired) electrons. The summed E-state index contributed by atoms with van der Waals surface area (Å²) in [6.07, 6.45) is 2.09. The molecule has 0 aliphatic carbocycles. The van der Waals surface area contributed by atoms with Crippen molar-refractivity contribution >= 4 is 17.8 Å². The first-order chi connectivity index (χ1) is 7.79. The molecule has 0 aromatic carbocycles. The van der Waals surface area contributed by atoms with E-state index in [1.807, 2.05) is 16.7 Å². The van der Waals surface area contributed by atoms with Gasteiger partial charge in [0.2, 0.25) is 0 Å². The fourth-order valence-corrected chi connectivity index (χ4v) is 3.25. The molecule has 0 spiro atoms. The molecule has 2 atom stereocenters. The molecule has 2 fully saturated rings. The minimum Gasteiger partial charge on any atom is -0.379 e. The second-order valence-electron chi connectivity index (χ2n) is 4.36. The maximum Gasteiger partial charge on any atom is 0.317 e. The highest BCUT2D eigenvalue weighted by Crippen LogP contribution is 2.21. The first-order valence-corrected chi connectivity index (χ1v) is 7.09. The van der Waals surface area contributed by atoms with Gasteiger partial charge in [0.1, 0.15) is 0 Å². The Kier molecular flexibility index (Phi) is 4.35. The Labute approximate surface area is 101 Å². The molecule has 2 amide bonds. The van der Waals surface area contributed by atoms with Crippen LogP contribution in [0, 0.1) is 0 Å². The van der Waals surface area contributed by atoms with Crippen molar-refractivity contribution in [3.8, 4) is 0 Å². The molecule has 4 nitrogen and oxygen atoms in total. The van der Waals surface area contributed by atoms with Gasteiger partial charge in [-0.3, -0.25) is 0 Å². The van der Waals surface area contributed by atoms with Crippen LogP contribution in [-0.2, 0) is 4.74 Å². The minimum absolute atomic E-state index is 0.0919. The zero-order chi connectivity index (χ0) is 11.4. The van der Waals surface area contributed by atoms with E-state index >= 15 is 0 Å². The topological polar surface area (TPSA) is 41.6 Å². The predicted octanol–water partition coefficient (Wildman–Crippen LogP) is 1.31. The molecule has 2 heterocycles. The molecule has 0 saturated carbocycles. The number of hydrogen-bond donors (Lipinski definition) is 1. The lowest BCUT2D eigenvalue weighted by Gasteiger charge is -2.32. The monoisotopic (exact) mass is 244 g/mol. The van der Waals surface area contributed by atoms with E-state index in [0.717, 1.165) is 38.3 Å². The van der Waals surface area contributed by atoms with Gasteiger partial charge >= 0.3 is 6.03 Å². The van der Waals surface area contributed by atoms with Crippen molar-refractivity contribution in [2.45, 2.75) is 31.1 Å². The summed E-state index contributed by atoms with van der Waals surface area (Å²) in [6.45, 7) is 5.40. The predicted molar refractivity (Wildman–Crippen MR) is 65.9 cm³/mol. The second-order valence-corrected chi connectivity index (χ2v) is 5.77. The summed E-state index contributed by atoms with van der Waals surface area (Å²) in [4.78, 5) is 13.9. The van der Waals surface area contributed by atoms with Gasteiger partial charge in [0.15, 0.2) is 0 Å². The van der Waals surface area contributed by atoms with Crippen molar-refractivity contribution in [3.05, 3.63) is 0 Å². The van der Waals surface area contributed by atoms with Crippen molar-refractivity contribution in [2.24, 2.45) is 0 Å². The van der Waals surface area contributed by atoms with E-state index < -0.39 is 0 Å². The standard InChI is InChI=1S/C11H20N2O2S/c1-2-10-7-13(4-6-16-10)11(14)12-9-3-5-15-8-9/h9-10H,2-8H2,1H3,(H,12,14). The number of nitrogens with one attached hydrogen (secondary N) is 1. The Hall–Kier alpha value is -0.420. The number of amides is 2. The molecule has 0 bridgehead atoms. The molecule has 2 rings (SSSR count). The van der Waals surface area contributed by atoms with Crippen LogP contribution in [0.4, 0.5) is 4.79 Å². The third-order valence-corrected chi connectivity index (χ3v) is 4.51. The average molecular weight is 244 g/mol. The lowest BCUT2D eigenvalue weighted by molar-refractivity contribution is 0.178. The van der Waals surface area contributed by atoms with Crippen molar-refractivity contribution in [1.82, 2.24) is 10.2 Å². The van der Waals surface area contributed by atoms with Crippen LogP contribution in [0.2, 0.25) is 0 Å². The maximum absolute atomic E-state index is 12.0. The number of carbonyl (C=O) groups excluding carboxylic acids is 1. The Morgan fingerprint density at radius 2 is 2.50 bits per heavy atom. The first-order valence-electron chi connectivity index (χ1n) is 6.04. The Bertz CT molecular complexity index is 244. The third kappa shape index (κ3) is 3.04. The molecule has 2 unspecified atom stereocenters. The fraction of sp³-hybridized carbons (Fsp3) is 0.909. The summed E-state index contributed by atoms with van der Waals surface area (Å²) in [5, 5.41) is 3.66. The molecule has 16 heavy (non-hydrogen) atoms. The average Bonchev–Trinajstić information content (AvgIpc) is 2.82. The van der Waals surface area contributed by atoms with E-state index in [0.29, 0.717) is 11.9 Å². The van der Waals surface area contributed by atoms with Gasteiger partial charge in [-0.05, 0) is 12.8 Å². The number of thioether (sulfide) groups is 1. The van der Waals surface area contributed by atoms with E-state index in [4.69, 9.17) is 4.74 Å². The van der Waals surface area contributed by atoms with Crippen molar-refractivity contribution in [3.63, 3.8) is 0 Å². The number of ether oxygens (including phenoxy) is 1. The summed E-state index contributed by atoms with van der Waals surface area (Å²) in [6, 6.07) is 0.316. The maximum atomic E-state index is 12.0. The van der Waals surface area contributed by atoms with Gasteiger partial charge < -0.3 is 15.0 Å². The number of carbonyl (C=O) groups is 1. The van der Waals surface area contributed by atoms with Gasteiger partial charge in [0.05, 0.1) is 12.6 Å². The molecule has 1 N–H and O–H groups in total. The van der Waals surface area contributed by atoms with E-state index in [-0.39, 0.29) is 12.1 Å². The summed E-state index contributed by atoms with van der Waals surface area (Å²) in [5.74, 6) is 1.06. The number of nitrogens with zero attached hydrogens (tertiary/aromatic N) is 1. The fourth-order valence-electron chi connectivity index (χ4n) is 2.07. The van der Waals surface area contributed by atoms with Gasteiger partial charge in [0, 0.05) is 30.7 Å². The SMILES string of the molecule is CCC1CN(C(=O)NC2CCOC2)CCS1. The van der Waals surface area contributed by atoms with Crippen molar-refractivity contribution in [1.29, 1.82) is 0 Å². The number of urea groups is 1. The Balaban J connectivity index is 1.79. The smallest absolute Gasteiger partial charge is 0.317 e. The lowest BCUT2D eigenvalue weighted by Crippen LogP contribution is -2.49. The Morgan fingerprint density at radius 1 is 1.62 bits per heavy atom. The second kappa shape index (κ2) is 5.77. The van der Waals surface area contributed by atoms with Crippen LogP contribution in [0.1, 0.15) is 19.8 Å². The molecule has 92 valence electrons. The van der Waals surface area contributed by atoms with E-state index in [2.05, 4.69) is 12.2 Å². The highest BCUT2D eigenvalue weighted by atomic mass is 32.2. The van der Waals surface area contributed by atoms with Crippen LogP contribution < -0.4 is 5.32 Å². The zero-order valence-electron chi connectivity index (χ0n) is 9.78. The number of rotatable bonds is 2. The van der Waals surface area contributed by atoms with Crippen LogP contribution in [0.15, 0.2) is 0 Å². The summed E-state index contributed by atoms with van der Waals surface area (Å²) < 4.78 is 5.25. The molecular weight excluding hydrogens is 224 g/mol. The number of hydrogen-bond acceptors (Lipinski definition) is 3. The van der Waals surface area contributed by atoms with Crippen molar-refractivity contribution < 1.29 is 9.53 Å². The molecule has 2 aliphatic heterocycles. The Morgan fingerprint density at radius 3 is 3.19 bits per heavy atom. The molecule has 0 aromatic heterocycles. The summed E-state index contributed by atoms with van der Waals surface area (Å²) in [5.41, 5.74) is 0.